The molecule has 0 saturated carbocycles. The Balaban J connectivity index is 1.65. The molecular weight excluding hydrogens is 436 g/mol. The normalized spacial score (nSPS) is 11.0. The summed E-state index contributed by atoms with van der Waals surface area (Å²) in [6, 6.07) is 14.5. The van der Waals surface area contributed by atoms with Crippen molar-refractivity contribution >= 4 is 23.4 Å². The van der Waals surface area contributed by atoms with Crippen LogP contribution < -0.4 is 10.5 Å². The lowest BCUT2D eigenvalue weighted by molar-refractivity contribution is 0.0371. The second-order valence-corrected chi connectivity index (χ2v) is 7.44. The number of esters is 1. The topological polar surface area (TPSA) is 131 Å². The van der Waals surface area contributed by atoms with Gasteiger partial charge in [-0.1, -0.05) is 35.0 Å². The number of rotatable bonds is 7. The summed E-state index contributed by atoms with van der Waals surface area (Å²) in [6.45, 7) is 3.80. The van der Waals surface area contributed by atoms with Gasteiger partial charge >= 0.3 is 5.97 Å². The smallest absolute Gasteiger partial charge is 0.361 e. The first-order chi connectivity index (χ1) is 15.4. The van der Waals surface area contributed by atoms with Gasteiger partial charge in [0.1, 0.15) is 18.1 Å². The molecule has 0 bridgehead atoms. The van der Waals surface area contributed by atoms with Gasteiger partial charge in [0.05, 0.1) is 6.10 Å². The number of anilines is 1. The van der Waals surface area contributed by atoms with E-state index < -0.39 is 5.97 Å². The minimum Gasteiger partial charge on any atom is -0.489 e. The van der Waals surface area contributed by atoms with Crippen LogP contribution in [0.3, 0.4) is 0 Å². The van der Waals surface area contributed by atoms with Crippen molar-refractivity contribution in [3.05, 3.63) is 64.8 Å². The molecule has 0 radical (unpaired) electrons. The van der Waals surface area contributed by atoms with Gasteiger partial charge in [-0.2, -0.15) is 4.68 Å². The molecule has 0 saturated heterocycles. The summed E-state index contributed by atoms with van der Waals surface area (Å²) in [5.41, 5.74) is 7.63. The number of halogens is 1. The third-order valence-corrected chi connectivity index (χ3v) is 4.75. The van der Waals surface area contributed by atoms with Gasteiger partial charge in [0.2, 0.25) is 11.6 Å². The first-order valence-corrected chi connectivity index (χ1v) is 10.0. The van der Waals surface area contributed by atoms with E-state index in [0.717, 1.165) is 5.56 Å². The Hall–Kier alpha value is -3.92. The van der Waals surface area contributed by atoms with Gasteiger partial charge in [-0.15, -0.1) is 5.10 Å². The number of ether oxygens (including phenoxy) is 2. The number of hydrogen-bond donors (Lipinski definition) is 1. The minimum absolute atomic E-state index is 0.000352. The highest BCUT2D eigenvalue weighted by Gasteiger charge is 2.26. The van der Waals surface area contributed by atoms with Crippen LogP contribution in [0, 0.1) is 0 Å². The van der Waals surface area contributed by atoms with Crippen LogP contribution >= 0.6 is 11.6 Å². The predicted molar refractivity (Wildman–Crippen MR) is 115 cm³/mol. The molecule has 0 fully saturated rings. The second-order valence-electron chi connectivity index (χ2n) is 7.03. The molecule has 0 amide bonds. The third-order valence-electron chi connectivity index (χ3n) is 4.38. The molecule has 10 nitrogen and oxygen atoms in total. The number of aromatic nitrogens is 5. The van der Waals surface area contributed by atoms with E-state index in [1.54, 1.807) is 44.2 Å². The van der Waals surface area contributed by atoms with Crippen molar-refractivity contribution in [3.8, 4) is 22.8 Å². The fraction of sp³-hybridized carbons (Fsp3) is 0.190. The van der Waals surface area contributed by atoms with Crippen LogP contribution in [0.1, 0.15) is 29.9 Å². The van der Waals surface area contributed by atoms with Gasteiger partial charge in [0, 0.05) is 16.1 Å². The van der Waals surface area contributed by atoms with E-state index in [4.69, 9.17) is 26.8 Å². The van der Waals surface area contributed by atoms with Gasteiger partial charge in [0.15, 0.2) is 5.69 Å². The van der Waals surface area contributed by atoms with Crippen LogP contribution in [0.5, 0.6) is 5.75 Å². The second kappa shape index (κ2) is 9.06. The van der Waals surface area contributed by atoms with E-state index in [1.807, 2.05) is 18.2 Å². The predicted octanol–water partition coefficient (Wildman–Crippen LogP) is 3.70. The highest BCUT2D eigenvalue weighted by molar-refractivity contribution is 6.31. The molecule has 2 heterocycles. The number of carbonyl (C=O) groups excluding carboxylic acids is 1. The maximum absolute atomic E-state index is 12.6. The molecule has 0 aliphatic rings. The van der Waals surface area contributed by atoms with E-state index in [-0.39, 0.29) is 23.4 Å². The van der Waals surface area contributed by atoms with Crippen molar-refractivity contribution in [1.29, 1.82) is 0 Å². The van der Waals surface area contributed by atoms with E-state index in [2.05, 4.69) is 25.3 Å². The quantitative estimate of drug-likeness (QED) is 0.415. The zero-order valence-corrected chi connectivity index (χ0v) is 18.0. The highest BCUT2D eigenvalue weighted by Crippen LogP contribution is 2.29. The Kier molecular flexibility index (Phi) is 6.04. The van der Waals surface area contributed by atoms with Gasteiger partial charge in [-0.3, -0.25) is 0 Å². The Labute approximate surface area is 187 Å². The molecule has 2 aromatic carbocycles. The maximum Gasteiger partial charge on any atom is 0.361 e. The monoisotopic (exact) mass is 454 g/mol. The zero-order chi connectivity index (χ0) is 22.7. The number of carbonyl (C=O) groups is 1. The molecule has 0 aliphatic heterocycles. The molecule has 4 aromatic rings. The summed E-state index contributed by atoms with van der Waals surface area (Å²) >= 11 is 6.18. The average molecular weight is 455 g/mol. The van der Waals surface area contributed by atoms with Gasteiger partial charge in [0.25, 0.3) is 0 Å². The summed E-state index contributed by atoms with van der Waals surface area (Å²) in [7, 11) is 0. The number of nitrogens with two attached hydrogens (primary N) is 1. The molecule has 0 spiro atoms. The van der Waals surface area contributed by atoms with E-state index in [9.17, 15) is 4.79 Å². The van der Waals surface area contributed by atoms with Crippen LogP contribution in [0.4, 0.5) is 5.82 Å². The van der Waals surface area contributed by atoms with Crippen LogP contribution in [-0.2, 0) is 11.3 Å². The summed E-state index contributed by atoms with van der Waals surface area (Å²) < 4.78 is 17.1. The number of nitrogens with zero attached hydrogens (tertiary/aromatic N) is 5. The molecule has 0 atom stereocenters. The molecule has 2 N–H and O–H groups in total. The van der Waals surface area contributed by atoms with E-state index in [0.29, 0.717) is 28.6 Å². The van der Waals surface area contributed by atoms with E-state index >= 15 is 0 Å². The SMILES string of the molecule is CC(C)OC(=O)c1nnn(-c2nonc2N)c1-c1ccc(OCc2ccccc2Cl)cc1. The lowest BCUT2D eigenvalue weighted by atomic mass is 10.1. The number of hydrogen-bond acceptors (Lipinski definition) is 9. The highest BCUT2D eigenvalue weighted by atomic mass is 35.5. The summed E-state index contributed by atoms with van der Waals surface area (Å²) in [6.07, 6.45) is -0.333. The van der Waals surface area contributed by atoms with Gasteiger partial charge in [-0.05, 0) is 54.5 Å². The molecule has 11 heteroatoms. The van der Waals surface area contributed by atoms with Crippen LogP contribution in [0.2, 0.25) is 5.02 Å². The Morgan fingerprint density at radius 2 is 1.91 bits per heavy atom. The number of nitrogen functional groups attached to an aromatic ring is 1. The zero-order valence-electron chi connectivity index (χ0n) is 17.2. The minimum atomic E-state index is -0.629. The Morgan fingerprint density at radius 3 is 2.56 bits per heavy atom. The Morgan fingerprint density at radius 1 is 1.16 bits per heavy atom. The standard InChI is InChI=1S/C21H19ClN6O4/c1-12(2)31-21(29)17-18(28(27-24-17)20-19(23)25-32-26-20)13-7-9-15(10-8-13)30-11-14-5-3-4-6-16(14)22/h3-10,12H,11H2,1-2H3,(H2,23,25). The fourth-order valence-electron chi connectivity index (χ4n) is 2.92. The van der Waals surface area contributed by atoms with Crippen LogP contribution in [-0.4, -0.2) is 37.4 Å². The maximum atomic E-state index is 12.6. The van der Waals surface area contributed by atoms with Gasteiger partial charge < -0.3 is 15.2 Å². The average Bonchev–Trinajstić information content (AvgIpc) is 3.39. The molecule has 164 valence electrons. The molecule has 4 rings (SSSR count). The molecule has 0 unspecified atom stereocenters. The summed E-state index contributed by atoms with van der Waals surface area (Å²) in [4.78, 5) is 12.6. The van der Waals surface area contributed by atoms with Crippen molar-refractivity contribution in [2.75, 3.05) is 5.73 Å². The summed E-state index contributed by atoms with van der Waals surface area (Å²) in [5, 5.41) is 15.9. The van der Waals surface area contributed by atoms with Crippen molar-refractivity contribution in [2.24, 2.45) is 0 Å². The lowest BCUT2D eigenvalue weighted by Gasteiger charge is -2.10. The number of benzene rings is 2. The third kappa shape index (κ3) is 4.40. The molecule has 2 aromatic heterocycles. The van der Waals surface area contributed by atoms with Crippen molar-refractivity contribution in [3.63, 3.8) is 0 Å². The van der Waals surface area contributed by atoms with Gasteiger partial charge in [-0.25, -0.2) is 9.42 Å². The van der Waals surface area contributed by atoms with E-state index in [1.165, 1.54) is 4.68 Å². The molecular formula is C21H19ClN6O4. The van der Waals surface area contributed by atoms with Crippen LogP contribution in [0.15, 0.2) is 53.2 Å². The first kappa shape index (κ1) is 21.3. The molecule has 0 aliphatic carbocycles. The lowest BCUT2D eigenvalue weighted by Crippen LogP contribution is -2.13. The first-order valence-electron chi connectivity index (χ1n) is 9.65. The largest absolute Gasteiger partial charge is 0.489 e. The van der Waals surface area contributed by atoms with Crippen LogP contribution in [0.25, 0.3) is 17.1 Å². The Bertz CT molecular complexity index is 1240. The summed E-state index contributed by atoms with van der Waals surface area (Å²) in [5.74, 6) is 0.0895. The van der Waals surface area contributed by atoms with Crippen molar-refractivity contribution in [2.45, 2.75) is 26.6 Å². The van der Waals surface area contributed by atoms with Crippen molar-refractivity contribution < 1.29 is 18.9 Å². The van der Waals surface area contributed by atoms with Crippen molar-refractivity contribution in [1.82, 2.24) is 25.3 Å². The molecule has 32 heavy (non-hydrogen) atoms. The fourth-order valence-corrected chi connectivity index (χ4v) is 3.11.